The van der Waals surface area contributed by atoms with Crippen molar-refractivity contribution in [3.63, 3.8) is 0 Å². The molecule has 1 aromatic heterocycles. The summed E-state index contributed by atoms with van der Waals surface area (Å²) in [6.07, 6.45) is -1.46. The Balaban J connectivity index is 2.52. The van der Waals surface area contributed by atoms with Gasteiger partial charge in [-0.3, -0.25) is 4.98 Å². The van der Waals surface area contributed by atoms with E-state index in [1.54, 1.807) is 0 Å². The van der Waals surface area contributed by atoms with Crippen LogP contribution in [0.3, 0.4) is 0 Å². The Morgan fingerprint density at radius 2 is 1.88 bits per heavy atom. The summed E-state index contributed by atoms with van der Waals surface area (Å²) in [7, 11) is 0. The number of pyridine rings is 1. The number of alkyl halides is 2. The van der Waals surface area contributed by atoms with Crippen molar-refractivity contribution in [3.8, 4) is 11.1 Å². The van der Waals surface area contributed by atoms with Gasteiger partial charge in [-0.15, -0.1) is 0 Å². The molecule has 1 aromatic carbocycles. The molecule has 88 valence electrons. The summed E-state index contributed by atoms with van der Waals surface area (Å²) in [5.74, 6) is -0.513. The summed E-state index contributed by atoms with van der Waals surface area (Å²) in [5, 5.41) is 0.344. The van der Waals surface area contributed by atoms with E-state index in [1.807, 2.05) is 0 Å². The van der Waals surface area contributed by atoms with Gasteiger partial charge in [-0.25, -0.2) is 13.2 Å². The Kier molecular flexibility index (Phi) is 3.33. The predicted octanol–water partition coefficient (Wildman–Crippen LogP) is 4.48. The molecule has 2 rings (SSSR count). The molecule has 0 radical (unpaired) electrons. The summed E-state index contributed by atoms with van der Waals surface area (Å²) < 4.78 is 38.4. The van der Waals surface area contributed by atoms with Crippen molar-refractivity contribution in [2.75, 3.05) is 0 Å². The van der Waals surface area contributed by atoms with Crippen LogP contribution in [0.1, 0.15) is 12.1 Å². The van der Waals surface area contributed by atoms with E-state index < -0.39 is 12.2 Å². The third kappa shape index (κ3) is 2.58. The molecule has 0 N–H and O–H groups in total. The van der Waals surface area contributed by atoms with Crippen molar-refractivity contribution in [2.24, 2.45) is 0 Å². The van der Waals surface area contributed by atoms with Crippen LogP contribution in [0.15, 0.2) is 36.5 Å². The molecular formula is C12H7ClF3N. The number of hydrogen-bond acceptors (Lipinski definition) is 1. The van der Waals surface area contributed by atoms with Crippen molar-refractivity contribution in [1.82, 2.24) is 4.98 Å². The fraction of sp³-hybridized carbons (Fsp3) is 0.0833. The van der Waals surface area contributed by atoms with Gasteiger partial charge >= 0.3 is 0 Å². The molecule has 0 unspecified atom stereocenters. The van der Waals surface area contributed by atoms with Crippen LogP contribution in [-0.4, -0.2) is 4.98 Å². The summed E-state index contributed by atoms with van der Waals surface area (Å²) in [4.78, 5) is 3.51. The van der Waals surface area contributed by atoms with Crippen LogP contribution in [0.2, 0.25) is 5.02 Å². The third-order valence-corrected chi connectivity index (χ3v) is 2.48. The molecular weight excluding hydrogens is 251 g/mol. The SMILES string of the molecule is Fc1ccc(Cl)cc1-c1ccnc(C(F)F)c1. The highest BCUT2D eigenvalue weighted by atomic mass is 35.5. The second-order valence-corrected chi connectivity index (χ2v) is 3.83. The molecule has 0 bridgehead atoms. The van der Waals surface area contributed by atoms with Crippen LogP contribution in [0.25, 0.3) is 11.1 Å². The van der Waals surface area contributed by atoms with Gasteiger partial charge < -0.3 is 0 Å². The maximum Gasteiger partial charge on any atom is 0.280 e. The number of halogens is 4. The highest BCUT2D eigenvalue weighted by molar-refractivity contribution is 6.30. The summed E-state index contributed by atoms with van der Waals surface area (Å²) in [5.41, 5.74) is 0.124. The smallest absolute Gasteiger partial charge is 0.255 e. The van der Waals surface area contributed by atoms with Crippen LogP contribution in [-0.2, 0) is 0 Å². The van der Waals surface area contributed by atoms with E-state index in [1.165, 1.54) is 30.5 Å². The number of rotatable bonds is 2. The second-order valence-electron chi connectivity index (χ2n) is 3.39. The first-order valence-corrected chi connectivity index (χ1v) is 5.15. The van der Waals surface area contributed by atoms with Crippen molar-refractivity contribution in [1.29, 1.82) is 0 Å². The molecule has 0 saturated carbocycles. The monoisotopic (exact) mass is 257 g/mol. The molecule has 0 saturated heterocycles. The minimum atomic E-state index is -2.68. The van der Waals surface area contributed by atoms with E-state index in [-0.39, 0.29) is 11.3 Å². The van der Waals surface area contributed by atoms with Crippen molar-refractivity contribution in [2.45, 2.75) is 6.43 Å². The Labute approximate surface area is 101 Å². The van der Waals surface area contributed by atoms with Gasteiger partial charge in [0.05, 0.1) is 0 Å². The summed E-state index contributed by atoms with van der Waals surface area (Å²) in [6, 6.07) is 6.59. The third-order valence-electron chi connectivity index (χ3n) is 2.24. The quantitative estimate of drug-likeness (QED) is 0.773. The molecule has 0 aliphatic carbocycles. The first kappa shape index (κ1) is 11.9. The Morgan fingerprint density at radius 3 is 2.59 bits per heavy atom. The first-order chi connectivity index (χ1) is 8.08. The molecule has 0 aliphatic heterocycles. The fourth-order valence-electron chi connectivity index (χ4n) is 1.45. The largest absolute Gasteiger partial charge is 0.280 e. The topological polar surface area (TPSA) is 12.9 Å². The van der Waals surface area contributed by atoms with Crippen molar-refractivity contribution < 1.29 is 13.2 Å². The number of hydrogen-bond donors (Lipinski definition) is 0. The van der Waals surface area contributed by atoms with E-state index in [0.29, 0.717) is 10.6 Å². The summed E-state index contributed by atoms with van der Waals surface area (Å²) in [6.45, 7) is 0. The van der Waals surface area contributed by atoms with Gasteiger partial charge in [0.1, 0.15) is 11.5 Å². The van der Waals surface area contributed by atoms with E-state index >= 15 is 0 Å². The average Bonchev–Trinajstić information content (AvgIpc) is 2.32. The predicted molar refractivity (Wildman–Crippen MR) is 59.6 cm³/mol. The highest BCUT2D eigenvalue weighted by Crippen LogP contribution is 2.28. The normalized spacial score (nSPS) is 10.9. The molecule has 0 spiro atoms. The lowest BCUT2D eigenvalue weighted by molar-refractivity contribution is 0.146. The van der Waals surface area contributed by atoms with Crippen LogP contribution < -0.4 is 0 Å². The number of nitrogens with zero attached hydrogens (tertiary/aromatic N) is 1. The molecule has 0 amide bonds. The standard InChI is InChI=1S/C12H7ClF3N/c13-8-1-2-10(14)9(6-8)7-3-4-17-11(5-7)12(15)16/h1-6,12H. The summed E-state index contributed by atoms with van der Waals surface area (Å²) >= 11 is 5.74. The van der Waals surface area contributed by atoms with E-state index in [0.717, 1.165) is 6.07 Å². The molecule has 0 aliphatic rings. The van der Waals surface area contributed by atoms with Gasteiger partial charge in [0.15, 0.2) is 0 Å². The van der Waals surface area contributed by atoms with Gasteiger partial charge in [0.25, 0.3) is 6.43 Å². The van der Waals surface area contributed by atoms with Crippen LogP contribution in [0, 0.1) is 5.82 Å². The Bertz CT molecular complexity index is 543. The molecule has 0 fully saturated rings. The molecule has 0 atom stereocenters. The minimum Gasteiger partial charge on any atom is -0.255 e. The number of aromatic nitrogens is 1. The molecule has 5 heteroatoms. The van der Waals surface area contributed by atoms with Gasteiger partial charge in [0, 0.05) is 16.8 Å². The first-order valence-electron chi connectivity index (χ1n) is 4.77. The lowest BCUT2D eigenvalue weighted by atomic mass is 10.1. The molecule has 1 nitrogen and oxygen atoms in total. The maximum absolute atomic E-state index is 13.5. The van der Waals surface area contributed by atoms with Gasteiger partial charge in [-0.05, 0) is 35.9 Å². The zero-order valence-electron chi connectivity index (χ0n) is 8.50. The van der Waals surface area contributed by atoms with Crippen LogP contribution >= 0.6 is 11.6 Å². The van der Waals surface area contributed by atoms with Crippen molar-refractivity contribution in [3.05, 3.63) is 53.1 Å². The van der Waals surface area contributed by atoms with Crippen LogP contribution in [0.4, 0.5) is 13.2 Å². The average molecular weight is 258 g/mol. The molecule has 17 heavy (non-hydrogen) atoms. The zero-order valence-corrected chi connectivity index (χ0v) is 9.26. The van der Waals surface area contributed by atoms with E-state index in [2.05, 4.69) is 4.98 Å². The zero-order chi connectivity index (χ0) is 12.4. The maximum atomic E-state index is 13.5. The highest BCUT2D eigenvalue weighted by Gasteiger charge is 2.12. The Hall–Kier alpha value is -1.55. The number of benzene rings is 1. The van der Waals surface area contributed by atoms with Gasteiger partial charge in [-0.2, -0.15) is 0 Å². The molecule has 1 heterocycles. The second kappa shape index (κ2) is 4.75. The van der Waals surface area contributed by atoms with E-state index in [4.69, 9.17) is 11.6 Å². The Morgan fingerprint density at radius 1 is 1.12 bits per heavy atom. The lowest BCUT2D eigenvalue weighted by Crippen LogP contribution is -1.91. The minimum absolute atomic E-state index is 0.182. The van der Waals surface area contributed by atoms with Crippen molar-refractivity contribution >= 4 is 11.6 Å². The fourth-order valence-corrected chi connectivity index (χ4v) is 1.63. The van der Waals surface area contributed by atoms with Gasteiger partial charge in [-0.1, -0.05) is 11.6 Å². The molecule has 2 aromatic rings. The lowest BCUT2D eigenvalue weighted by Gasteiger charge is -2.06. The van der Waals surface area contributed by atoms with E-state index in [9.17, 15) is 13.2 Å². The van der Waals surface area contributed by atoms with Crippen LogP contribution in [0.5, 0.6) is 0 Å². The van der Waals surface area contributed by atoms with Gasteiger partial charge in [0.2, 0.25) is 0 Å².